The van der Waals surface area contributed by atoms with Crippen LogP contribution in [0, 0.1) is 0 Å². The van der Waals surface area contributed by atoms with E-state index in [1.807, 2.05) is 12.4 Å². The van der Waals surface area contributed by atoms with Crippen LogP contribution in [0.3, 0.4) is 0 Å². The highest BCUT2D eigenvalue weighted by molar-refractivity contribution is 7.98. The van der Waals surface area contributed by atoms with Crippen LogP contribution in [0.25, 0.3) is 0 Å². The SMILES string of the molecule is CCCc1ccn(Cn2ccnc2SC)c1. The van der Waals surface area contributed by atoms with E-state index < -0.39 is 0 Å². The topological polar surface area (TPSA) is 22.8 Å². The molecule has 0 aromatic carbocycles. The summed E-state index contributed by atoms with van der Waals surface area (Å²) in [7, 11) is 0. The van der Waals surface area contributed by atoms with E-state index in [1.54, 1.807) is 11.8 Å². The van der Waals surface area contributed by atoms with E-state index in [0.29, 0.717) is 0 Å². The Morgan fingerprint density at radius 1 is 1.38 bits per heavy atom. The van der Waals surface area contributed by atoms with Crippen molar-refractivity contribution < 1.29 is 0 Å². The molecule has 86 valence electrons. The molecule has 0 radical (unpaired) electrons. The highest BCUT2D eigenvalue weighted by Crippen LogP contribution is 2.12. The van der Waals surface area contributed by atoms with Crippen LogP contribution >= 0.6 is 11.8 Å². The van der Waals surface area contributed by atoms with E-state index in [2.05, 4.69) is 45.8 Å². The van der Waals surface area contributed by atoms with Gasteiger partial charge in [-0.15, -0.1) is 0 Å². The van der Waals surface area contributed by atoms with E-state index in [1.165, 1.54) is 12.0 Å². The molecule has 2 heterocycles. The lowest BCUT2D eigenvalue weighted by atomic mass is 10.2. The minimum atomic E-state index is 0.847. The third kappa shape index (κ3) is 2.50. The average Bonchev–Trinajstić information content (AvgIpc) is 2.89. The molecule has 0 aliphatic carbocycles. The van der Waals surface area contributed by atoms with Crippen LogP contribution in [0.1, 0.15) is 18.9 Å². The molecule has 0 saturated heterocycles. The molecule has 0 aliphatic rings. The second-order valence-corrected chi connectivity index (χ2v) is 4.58. The molecule has 0 spiro atoms. The summed E-state index contributed by atoms with van der Waals surface area (Å²) in [5.41, 5.74) is 1.41. The largest absolute Gasteiger partial charge is 0.336 e. The minimum absolute atomic E-state index is 0.847. The highest BCUT2D eigenvalue weighted by atomic mass is 32.2. The van der Waals surface area contributed by atoms with Gasteiger partial charge in [0.15, 0.2) is 5.16 Å². The summed E-state index contributed by atoms with van der Waals surface area (Å²) < 4.78 is 4.35. The van der Waals surface area contributed by atoms with E-state index in [-0.39, 0.29) is 0 Å². The van der Waals surface area contributed by atoms with Crippen LogP contribution in [0.2, 0.25) is 0 Å². The first kappa shape index (κ1) is 11.3. The number of hydrogen-bond donors (Lipinski definition) is 0. The van der Waals surface area contributed by atoms with Crippen molar-refractivity contribution >= 4 is 11.8 Å². The number of nitrogens with zero attached hydrogens (tertiary/aromatic N) is 3. The summed E-state index contributed by atoms with van der Waals surface area (Å²) in [5, 5.41) is 1.06. The zero-order chi connectivity index (χ0) is 11.4. The van der Waals surface area contributed by atoms with Gasteiger partial charge >= 0.3 is 0 Å². The fourth-order valence-electron chi connectivity index (χ4n) is 1.78. The van der Waals surface area contributed by atoms with Crippen molar-refractivity contribution in [2.24, 2.45) is 0 Å². The Bertz CT molecular complexity index is 445. The third-order valence-electron chi connectivity index (χ3n) is 2.53. The molecule has 0 atom stereocenters. The number of imidazole rings is 1. The van der Waals surface area contributed by atoms with Gasteiger partial charge in [0.1, 0.15) is 6.67 Å². The first-order valence-corrected chi connectivity index (χ1v) is 6.75. The molecule has 2 rings (SSSR count). The smallest absolute Gasteiger partial charge is 0.169 e. The Hall–Kier alpha value is -1.16. The molecule has 16 heavy (non-hydrogen) atoms. The maximum atomic E-state index is 4.29. The molecule has 0 saturated carbocycles. The van der Waals surface area contributed by atoms with Crippen molar-refractivity contribution in [3.8, 4) is 0 Å². The van der Waals surface area contributed by atoms with Crippen LogP contribution in [-0.2, 0) is 13.1 Å². The fourth-order valence-corrected chi connectivity index (χ4v) is 2.30. The molecule has 0 unspecified atom stereocenters. The van der Waals surface area contributed by atoms with Gasteiger partial charge in [0.25, 0.3) is 0 Å². The maximum Gasteiger partial charge on any atom is 0.169 e. The maximum absolute atomic E-state index is 4.29. The fraction of sp³-hybridized carbons (Fsp3) is 0.417. The summed E-state index contributed by atoms with van der Waals surface area (Å²) in [6, 6.07) is 2.19. The molecular weight excluding hydrogens is 218 g/mol. The lowest BCUT2D eigenvalue weighted by Gasteiger charge is -2.06. The van der Waals surface area contributed by atoms with E-state index in [9.17, 15) is 0 Å². The third-order valence-corrected chi connectivity index (χ3v) is 3.23. The van der Waals surface area contributed by atoms with Crippen LogP contribution in [0.15, 0.2) is 36.0 Å². The van der Waals surface area contributed by atoms with Crippen LogP contribution in [0.4, 0.5) is 0 Å². The van der Waals surface area contributed by atoms with E-state index in [4.69, 9.17) is 0 Å². The molecule has 4 heteroatoms. The number of rotatable bonds is 5. The quantitative estimate of drug-likeness (QED) is 0.744. The van der Waals surface area contributed by atoms with Crippen molar-refractivity contribution in [3.05, 3.63) is 36.4 Å². The molecule has 0 N–H and O–H groups in total. The van der Waals surface area contributed by atoms with Gasteiger partial charge in [-0.2, -0.15) is 0 Å². The van der Waals surface area contributed by atoms with Crippen molar-refractivity contribution in [2.45, 2.75) is 31.6 Å². The Kier molecular flexibility index (Phi) is 3.72. The summed E-state index contributed by atoms with van der Waals surface area (Å²) >= 11 is 1.68. The standard InChI is InChI=1S/C12H17N3S/c1-3-4-11-5-7-14(9-11)10-15-8-6-13-12(15)16-2/h5-9H,3-4,10H2,1-2H3. The highest BCUT2D eigenvalue weighted by Gasteiger charge is 2.01. The van der Waals surface area contributed by atoms with Crippen LogP contribution < -0.4 is 0 Å². The van der Waals surface area contributed by atoms with Crippen LogP contribution in [-0.4, -0.2) is 20.4 Å². The average molecular weight is 235 g/mol. The first-order valence-electron chi connectivity index (χ1n) is 5.53. The molecule has 2 aromatic heterocycles. The lowest BCUT2D eigenvalue weighted by molar-refractivity contribution is 0.565. The summed E-state index contributed by atoms with van der Waals surface area (Å²) in [6.07, 6.45) is 12.6. The van der Waals surface area contributed by atoms with Gasteiger partial charge in [-0.1, -0.05) is 25.1 Å². The predicted octanol–water partition coefficient (Wildman–Crippen LogP) is 2.86. The predicted molar refractivity (Wildman–Crippen MR) is 67.8 cm³/mol. The molecule has 0 amide bonds. The van der Waals surface area contributed by atoms with Crippen molar-refractivity contribution in [3.63, 3.8) is 0 Å². The van der Waals surface area contributed by atoms with Crippen molar-refractivity contribution in [1.29, 1.82) is 0 Å². The van der Waals surface area contributed by atoms with Gasteiger partial charge < -0.3 is 9.13 Å². The second kappa shape index (κ2) is 5.25. The molecule has 2 aromatic rings. The van der Waals surface area contributed by atoms with Crippen LogP contribution in [0.5, 0.6) is 0 Å². The molecule has 0 aliphatic heterocycles. The number of aryl methyl sites for hydroxylation is 1. The Labute approximate surface area is 100 Å². The van der Waals surface area contributed by atoms with Gasteiger partial charge in [0, 0.05) is 24.8 Å². The first-order chi connectivity index (χ1) is 7.83. The zero-order valence-corrected chi connectivity index (χ0v) is 10.6. The normalized spacial score (nSPS) is 10.9. The summed E-state index contributed by atoms with van der Waals surface area (Å²) in [5.74, 6) is 0. The Balaban J connectivity index is 2.08. The molecular formula is C12H17N3S. The molecule has 3 nitrogen and oxygen atoms in total. The Morgan fingerprint density at radius 3 is 3.00 bits per heavy atom. The van der Waals surface area contributed by atoms with Crippen molar-refractivity contribution in [2.75, 3.05) is 6.26 Å². The van der Waals surface area contributed by atoms with E-state index >= 15 is 0 Å². The Morgan fingerprint density at radius 2 is 2.25 bits per heavy atom. The van der Waals surface area contributed by atoms with Gasteiger partial charge in [0.05, 0.1) is 0 Å². The van der Waals surface area contributed by atoms with Gasteiger partial charge in [-0.05, 0) is 24.3 Å². The minimum Gasteiger partial charge on any atom is -0.336 e. The number of hydrogen-bond acceptors (Lipinski definition) is 2. The monoisotopic (exact) mass is 235 g/mol. The summed E-state index contributed by atoms with van der Waals surface area (Å²) in [4.78, 5) is 4.29. The summed E-state index contributed by atoms with van der Waals surface area (Å²) in [6.45, 7) is 3.05. The molecule has 0 fully saturated rings. The zero-order valence-electron chi connectivity index (χ0n) is 9.76. The van der Waals surface area contributed by atoms with E-state index in [0.717, 1.165) is 18.2 Å². The van der Waals surface area contributed by atoms with Gasteiger partial charge in [0.2, 0.25) is 0 Å². The lowest BCUT2D eigenvalue weighted by Crippen LogP contribution is -2.06. The van der Waals surface area contributed by atoms with Gasteiger partial charge in [-0.3, -0.25) is 0 Å². The second-order valence-electron chi connectivity index (χ2n) is 3.81. The van der Waals surface area contributed by atoms with Gasteiger partial charge in [-0.25, -0.2) is 4.98 Å². The number of thioether (sulfide) groups is 1. The number of aromatic nitrogens is 3. The molecule has 0 bridgehead atoms. The van der Waals surface area contributed by atoms with Crippen molar-refractivity contribution in [1.82, 2.24) is 14.1 Å².